The molecule has 0 spiro atoms. The Kier molecular flexibility index (Phi) is 7.53. The molecule has 0 aliphatic rings. The summed E-state index contributed by atoms with van der Waals surface area (Å²) in [4.78, 5) is 37.6. The molecule has 29 heavy (non-hydrogen) atoms. The quantitative estimate of drug-likeness (QED) is 0.730. The monoisotopic (exact) mass is 396 g/mol. The fourth-order valence-electron chi connectivity index (χ4n) is 2.75. The lowest BCUT2D eigenvalue weighted by Crippen LogP contribution is -2.37. The largest absolute Gasteiger partial charge is 0.455 e. The van der Waals surface area contributed by atoms with Gasteiger partial charge in [-0.2, -0.15) is 0 Å². The zero-order valence-corrected chi connectivity index (χ0v) is 17.7. The lowest BCUT2D eigenvalue weighted by atomic mass is 10.0. The van der Waals surface area contributed by atoms with Crippen LogP contribution in [0.4, 0.5) is 5.69 Å². The van der Waals surface area contributed by atoms with Crippen LogP contribution in [0.3, 0.4) is 0 Å². The normalized spacial score (nSPS) is 10.4. The summed E-state index contributed by atoms with van der Waals surface area (Å²) in [5.41, 5.74) is 5.78. The van der Waals surface area contributed by atoms with Gasteiger partial charge in [-0.25, -0.2) is 0 Å². The molecule has 0 aromatic heterocycles. The van der Waals surface area contributed by atoms with E-state index in [0.717, 1.165) is 33.5 Å². The van der Waals surface area contributed by atoms with Gasteiger partial charge in [-0.1, -0.05) is 30.3 Å². The second kappa shape index (κ2) is 9.87. The molecule has 0 heterocycles. The van der Waals surface area contributed by atoms with Crippen molar-refractivity contribution >= 4 is 23.5 Å². The molecule has 0 unspecified atom stereocenters. The first-order valence-corrected chi connectivity index (χ1v) is 9.48. The number of carbonyl (C=O) groups is 3. The number of likely N-dealkylation sites (N-methyl/N-ethyl adjacent to an activating group) is 1. The highest BCUT2D eigenvalue weighted by atomic mass is 16.5. The Morgan fingerprint density at radius 3 is 2.31 bits per heavy atom. The van der Waals surface area contributed by atoms with Gasteiger partial charge in [0.1, 0.15) is 0 Å². The second-order valence-electron chi connectivity index (χ2n) is 7.37. The Hall–Kier alpha value is -3.15. The van der Waals surface area contributed by atoms with Gasteiger partial charge in [-0.3, -0.25) is 14.4 Å². The number of nitrogens with one attached hydrogen (secondary N) is 1. The van der Waals surface area contributed by atoms with E-state index in [1.165, 1.54) is 11.9 Å². The van der Waals surface area contributed by atoms with Gasteiger partial charge in [-0.05, 0) is 61.6 Å². The summed E-state index contributed by atoms with van der Waals surface area (Å²) in [6.45, 7) is 7.31. The molecule has 0 aliphatic heterocycles. The molecule has 6 heteroatoms. The van der Waals surface area contributed by atoms with Crippen LogP contribution in [0.25, 0.3) is 0 Å². The van der Waals surface area contributed by atoms with Crippen molar-refractivity contribution in [2.24, 2.45) is 0 Å². The predicted octanol–water partition coefficient (Wildman–Crippen LogP) is 3.10. The first-order valence-electron chi connectivity index (χ1n) is 9.48. The van der Waals surface area contributed by atoms with Crippen molar-refractivity contribution in [2.45, 2.75) is 34.1 Å². The first kappa shape index (κ1) is 22.1. The Labute approximate surface area is 171 Å². The van der Waals surface area contributed by atoms with Crippen molar-refractivity contribution in [1.29, 1.82) is 0 Å². The number of carbonyl (C=O) groups excluding carboxylic acids is 3. The van der Waals surface area contributed by atoms with Crippen LogP contribution in [0.1, 0.15) is 27.8 Å². The molecule has 0 radical (unpaired) electrons. The van der Waals surface area contributed by atoms with Gasteiger partial charge >= 0.3 is 5.97 Å². The summed E-state index contributed by atoms with van der Waals surface area (Å²) in [6, 6.07) is 11.5. The number of nitrogens with zero attached hydrogens (tertiary/aromatic N) is 1. The highest BCUT2D eigenvalue weighted by Gasteiger charge is 2.16. The Bertz CT molecular complexity index is 921. The van der Waals surface area contributed by atoms with Gasteiger partial charge in [0.15, 0.2) is 6.61 Å². The number of hydrogen-bond acceptors (Lipinski definition) is 4. The summed E-state index contributed by atoms with van der Waals surface area (Å²) in [7, 11) is 1.50. The molecule has 1 N–H and O–H groups in total. The number of amides is 2. The van der Waals surface area contributed by atoms with E-state index in [1.54, 1.807) is 0 Å². The number of hydrogen-bond donors (Lipinski definition) is 1. The number of anilines is 1. The van der Waals surface area contributed by atoms with E-state index >= 15 is 0 Å². The van der Waals surface area contributed by atoms with Gasteiger partial charge < -0.3 is 15.0 Å². The molecule has 6 nitrogen and oxygen atoms in total. The van der Waals surface area contributed by atoms with Gasteiger partial charge in [0.2, 0.25) is 5.91 Å². The highest BCUT2D eigenvalue weighted by Crippen LogP contribution is 2.16. The number of aryl methyl sites for hydroxylation is 4. The lowest BCUT2D eigenvalue weighted by molar-refractivity contribution is -0.151. The number of benzene rings is 2. The Balaban J connectivity index is 1.80. The van der Waals surface area contributed by atoms with E-state index in [2.05, 4.69) is 5.32 Å². The number of ether oxygens (including phenoxy) is 1. The maximum Gasteiger partial charge on any atom is 0.310 e. The maximum absolute atomic E-state index is 12.2. The summed E-state index contributed by atoms with van der Waals surface area (Å²) in [5.74, 6) is -1.22. The van der Waals surface area contributed by atoms with Crippen molar-refractivity contribution in [3.05, 3.63) is 64.2 Å². The van der Waals surface area contributed by atoms with Crippen molar-refractivity contribution in [2.75, 3.05) is 25.5 Å². The van der Waals surface area contributed by atoms with Gasteiger partial charge in [-0.15, -0.1) is 0 Å². The summed E-state index contributed by atoms with van der Waals surface area (Å²) in [6.07, 6.45) is 0.102. The van der Waals surface area contributed by atoms with Crippen LogP contribution < -0.4 is 5.32 Å². The minimum atomic E-state index is -0.477. The molecule has 0 saturated carbocycles. The third-order valence-electron chi connectivity index (χ3n) is 4.75. The van der Waals surface area contributed by atoms with E-state index in [-0.39, 0.29) is 18.9 Å². The molecule has 0 saturated heterocycles. The minimum absolute atomic E-state index is 0.102. The molecule has 2 amide bonds. The highest BCUT2D eigenvalue weighted by molar-refractivity contribution is 5.95. The summed E-state index contributed by atoms with van der Waals surface area (Å²) in [5, 5.41) is 2.80. The fraction of sp³-hybridized carbons (Fsp3) is 0.348. The molecule has 2 aromatic carbocycles. The average molecular weight is 396 g/mol. The SMILES string of the molecule is Cc1ccc(C)c(NC(=O)CN(C)C(=O)COC(=O)Cc2ccc(C)c(C)c2)c1. The molecule has 0 fully saturated rings. The van der Waals surface area contributed by atoms with E-state index in [0.29, 0.717) is 0 Å². The Morgan fingerprint density at radius 2 is 1.62 bits per heavy atom. The maximum atomic E-state index is 12.2. The minimum Gasteiger partial charge on any atom is -0.455 e. The van der Waals surface area contributed by atoms with E-state index in [1.807, 2.05) is 64.1 Å². The van der Waals surface area contributed by atoms with E-state index < -0.39 is 18.5 Å². The zero-order valence-electron chi connectivity index (χ0n) is 17.7. The first-order chi connectivity index (χ1) is 13.7. The van der Waals surface area contributed by atoms with Crippen LogP contribution in [0.15, 0.2) is 36.4 Å². The van der Waals surface area contributed by atoms with Crippen LogP contribution in [-0.2, 0) is 25.5 Å². The number of rotatable bonds is 7. The average Bonchev–Trinajstić information content (AvgIpc) is 2.65. The smallest absolute Gasteiger partial charge is 0.310 e. The molecule has 0 atom stereocenters. The fourth-order valence-corrected chi connectivity index (χ4v) is 2.75. The standard InChI is InChI=1S/C23H28N2O4/c1-15-6-7-17(3)20(10-15)24-21(26)13-25(5)22(27)14-29-23(28)12-19-9-8-16(2)18(4)11-19/h6-11H,12-14H2,1-5H3,(H,24,26). The molecular formula is C23H28N2O4. The van der Waals surface area contributed by atoms with Crippen molar-refractivity contribution < 1.29 is 19.1 Å². The summed E-state index contributed by atoms with van der Waals surface area (Å²) < 4.78 is 5.07. The third-order valence-corrected chi connectivity index (χ3v) is 4.75. The van der Waals surface area contributed by atoms with Crippen LogP contribution in [0, 0.1) is 27.7 Å². The van der Waals surface area contributed by atoms with Crippen molar-refractivity contribution in [3.8, 4) is 0 Å². The topological polar surface area (TPSA) is 75.7 Å². The van der Waals surface area contributed by atoms with Crippen LogP contribution in [0.5, 0.6) is 0 Å². The van der Waals surface area contributed by atoms with E-state index in [9.17, 15) is 14.4 Å². The van der Waals surface area contributed by atoms with E-state index in [4.69, 9.17) is 4.74 Å². The van der Waals surface area contributed by atoms with Crippen LogP contribution >= 0.6 is 0 Å². The molecule has 0 bridgehead atoms. The van der Waals surface area contributed by atoms with Crippen LogP contribution in [0.2, 0.25) is 0 Å². The zero-order chi connectivity index (χ0) is 21.6. The lowest BCUT2D eigenvalue weighted by Gasteiger charge is -2.17. The van der Waals surface area contributed by atoms with Crippen molar-refractivity contribution in [3.63, 3.8) is 0 Å². The number of esters is 1. The Morgan fingerprint density at radius 1 is 0.931 bits per heavy atom. The molecule has 154 valence electrons. The second-order valence-corrected chi connectivity index (χ2v) is 7.37. The molecule has 0 aliphatic carbocycles. The third kappa shape index (κ3) is 6.75. The van der Waals surface area contributed by atoms with Gasteiger partial charge in [0, 0.05) is 12.7 Å². The molecular weight excluding hydrogens is 368 g/mol. The molecule has 2 aromatic rings. The summed E-state index contributed by atoms with van der Waals surface area (Å²) >= 11 is 0. The van der Waals surface area contributed by atoms with Crippen molar-refractivity contribution in [1.82, 2.24) is 4.90 Å². The van der Waals surface area contributed by atoms with Gasteiger partial charge in [0.25, 0.3) is 5.91 Å². The van der Waals surface area contributed by atoms with Gasteiger partial charge in [0.05, 0.1) is 13.0 Å². The predicted molar refractivity (Wildman–Crippen MR) is 113 cm³/mol. The molecule has 2 rings (SSSR count). The van der Waals surface area contributed by atoms with Crippen LogP contribution in [-0.4, -0.2) is 42.9 Å².